The van der Waals surface area contributed by atoms with E-state index in [9.17, 15) is 4.79 Å². The van der Waals surface area contributed by atoms with E-state index in [4.69, 9.17) is 15.9 Å². The monoisotopic (exact) mass is 188 g/mol. The molecule has 0 aliphatic heterocycles. The van der Waals surface area contributed by atoms with Crippen molar-refractivity contribution in [3.05, 3.63) is 16.1 Å². The number of nitrogens with two attached hydrogens (primary N) is 1. The molecule has 0 spiro atoms. The van der Waals surface area contributed by atoms with E-state index in [1.165, 1.54) is 16.7 Å². The largest absolute Gasteiger partial charge is 0.480 e. The Balaban J connectivity index is 2.81. The van der Waals surface area contributed by atoms with Gasteiger partial charge in [-0.25, -0.2) is 4.98 Å². The Morgan fingerprint density at radius 1 is 1.83 bits per heavy atom. The van der Waals surface area contributed by atoms with Crippen LogP contribution in [0.15, 0.2) is 5.38 Å². The standard InChI is InChI=1S/C6H8N2O3S/c7-5(6(10)11)3-2-12-4(1-9)8-3/h2,5,9H,1,7H2,(H,10,11). The van der Waals surface area contributed by atoms with Crippen LogP contribution in [0.2, 0.25) is 0 Å². The number of thiazole rings is 1. The Kier molecular flexibility index (Phi) is 2.74. The second kappa shape index (κ2) is 3.61. The van der Waals surface area contributed by atoms with Gasteiger partial charge in [0, 0.05) is 5.38 Å². The van der Waals surface area contributed by atoms with Crippen molar-refractivity contribution in [3.8, 4) is 0 Å². The third kappa shape index (κ3) is 1.79. The Bertz CT molecular complexity index is 286. The maximum atomic E-state index is 10.4. The number of aromatic nitrogens is 1. The van der Waals surface area contributed by atoms with Crippen molar-refractivity contribution in [3.63, 3.8) is 0 Å². The van der Waals surface area contributed by atoms with Crippen molar-refractivity contribution >= 4 is 17.3 Å². The van der Waals surface area contributed by atoms with Gasteiger partial charge in [-0.05, 0) is 0 Å². The summed E-state index contributed by atoms with van der Waals surface area (Å²) in [6, 6.07) is -1.10. The zero-order valence-electron chi connectivity index (χ0n) is 6.10. The van der Waals surface area contributed by atoms with Crippen LogP contribution in [-0.2, 0) is 11.4 Å². The van der Waals surface area contributed by atoms with E-state index in [1.807, 2.05) is 0 Å². The number of hydrogen-bond donors (Lipinski definition) is 3. The fraction of sp³-hybridized carbons (Fsp3) is 0.333. The number of carboxylic acid groups (broad SMARTS) is 1. The van der Waals surface area contributed by atoms with E-state index in [0.717, 1.165) is 0 Å². The minimum Gasteiger partial charge on any atom is -0.480 e. The summed E-state index contributed by atoms with van der Waals surface area (Å²) in [4.78, 5) is 14.2. The van der Waals surface area contributed by atoms with Crippen LogP contribution in [0.5, 0.6) is 0 Å². The van der Waals surface area contributed by atoms with Gasteiger partial charge in [-0.15, -0.1) is 11.3 Å². The van der Waals surface area contributed by atoms with Crippen LogP contribution in [0, 0.1) is 0 Å². The van der Waals surface area contributed by atoms with Crippen molar-refractivity contribution in [1.82, 2.24) is 4.98 Å². The van der Waals surface area contributed by atoms with Crippen molar-refractivity contribution in [1.29, 1.82) is 0 Å². The van der Waals surface area contributed by atoms with Crippen LogP contribution >= 0.6 is 11.3 Å². The zero-order chi connectivity index (χ0) is 9.14. The summed E-state index contributed by atoms with van der Waals surface area (Å²) in [5.74, 6) is -1.12. The molecule has 1 rings (SSSR count). The number of carboxylic acids is 1. The van der Waals surface area contributed by atoms with Crippen molar-refractivity contribution in [2.45, 2.75) is 12.6 Å². The van der Waals surface area contributed by atoms with Crippen LogP contribution < -0.4 is 5.73 Å². The molecule has 0 saturated heterocycles. The van der Waals surface area contributed by atoms with Gasteiger partial charge in [-0.1, -0.05) is 0 Å². The van der Waals surface area contributed by atoms with Crippen molar-refractivity contribution in [2.75, 3.05) is 0 Å². The molecule has 0 saturated carbocycles. The van der Waals surface area contributed by atoms with E-state index in [2.05, 4.69) is 4.98 Å². The normalized spacial score (nSPS) is 12.8. The van der Waals surface area contributed by atoms with Gasteiger partial charge in [0.15, 0.2) is 0 Å². The molecule has 1 aromatic heterocycles. The Hall–Kier alpha value is -0.980. The lowest BCUT2D eigenvalue weighted by Crippen LogP contribution is -2.20. The van der Waals surface area contributed by atoms with Gasteiger partial charge in [0.25, 0.3) is 0 Å². The minimum atomic E-state index is -1.12. The number of aliphatic carboxylic acids is 1. The summed E-state index contributed by atoms with van der Waals surface area (Å²) in [5.41, 5.74) is 5.56. The first kappa shape index (κ1) is 9.11. The first-order valence-corrected chi connectivity index (χ1v) is 4.06. The first-order valence-electron chi connectivity index (χ1n) is 3.18. The molecular formula is C6H8N2O3S. The molecule has 4 N–H and O–H groups in total. The number of aliphatic hydroxyl groups is 1. The van der Waals surface area contributed by atoms with Gasteiger partial charge in [-0.3, -0.25) is 4.79 Å². The van der Waals surface area contributed by atoms with Crippen LogP contribution in [-0.4, -0.2) is 21.2 Å². The predicted octanol–water partition coefficient (Wildman–Crippen LogP) is -0.280. The summed E-state index contributed by atoms with van der Waals surface area (Å²) in [7, 11) is 0. The molecule has 1 atom stereocenters. The topological polar surface area (TPSA) is 96.4 Å². The Morgan fingerprint density at radius 2 is 2.50 bits per heavy atom. The summed E-state index contributed by atoms with van der Waals surface area (Å²) >= 11 is 1.19. The number of hydrogen-bond acceptors (Lipinski definition) is 5. The Labute approximate surface area is 72.5 Å². The molecular weight excluding hydrogens is 180 g/mol. The molecule has 1 heterocycles. The molecule has 0 bridgehead atoms. The van der Waals surface area contributed by atoms with Gasteiger partial charge >= 0.3 is 5.97 Å². The van der Waals surface area contributed by atoms with E-state index in [-0.39, 0.29) is 12.3 Å². The second-order valence-corrected chi connectivity index (χ2v) is 3.08. The molecule has 1 aromatic rings. The van der Waals surface area contributed by atoms with Gasteiger partial charge in [0.1, 0.15) is 11.0 Å². The molecule has 0 aromatic carbocycles. The molecule has 12 heavy (non-hydrogen) atoms. The van der Waals surface area contributed by atoms with E-state index >= 15 is 0 Å². The molecule has 1 unspecified atom stereocenters. The van der Waals surface area contributed by atoms with E-state index in [0.29, 0.717) is 5.01 Å². The highest BCUT2D eigenvalue weighted by Crippen LogP contribution is 2.14. The van der Waals surface area contributed by atoms with Crippen LogP contribution in [0.1, 0.15) is 16.7 Å². The van der Waals surface area contributed by atoms with E-state index < -0.39 is 12.0 Å². The Morgan fingerprint density at radius 3 is 2.92 bits per heavy atom. The summed E-state index contributed by atoms with van der Waals surface area (Å²) in [6.45, 7) is -0.184. The predicted molar refractivity (Wildman–Crippen MR) is 42.6 cm³/mol. The highest BCUT2D eigenvalue weighted by molar-refractivity contribution is 7.09. The maximum Gasteiger partial charge on any atom is 0.326 e. The fourth-order valence-corrected chi connectivity index (χ4v) is 1.36. The lowest BCUT2D eigenvalue weighted by Gasteiger charge is -1.99. The minimum absolute atomic E-state index is 0.184. The third-order valence-electron chi connectivity index (χ3n) is 1.29. The summed E-state index contributed by atoms with van der Waals surface area (Å²) in [6.07, 6.45) is 0. The first-order chi connectivity index (χ1) is 5.65. The summed E-state index contributed by atoms with van der Waals surface area (Å²) < 4.78 is 0. The molecule has 5 nitrogen and oxygen atoms in total. The van der Waals surface area contributed by atoms with Crippen LogP contribution in [0.3, 0.4) is 0 Å². The SMILES string of the molecule is NC(C(=O)O)c1csc(CO)n1. The van der Waals surface area contributed by atoms with E-state index in [1.54, 1.807) is 0 Å². The van der Waals surface area contributed by atoms with Crippen molar-refractivity contribution < 1.29 is 15.0 Å². The molecule has 0 amide bonds. The highest BCUT2D eigenvalue weighted by atomic mass is 32.1. The molecule has 0 aliphatic rings. The number of rotatable bonds is 3. The van der Waals surface area contributed by atoms with Crippen LogP contribution in [0.4, 0.5) is 0 Å². The molecule has 6 heteroatoms. The molecule has 0 fully saturated rings. The van der Waals surface area contributed by atoms with Gasteiger partial charge in [0.2, 0.25) is 0 Å². The molecule has 0 radical (unpaired) electrons. The average molecular weight is 188 g/mol. The second-order valence-electron chi connectivity index (χ2n) is 2.14. The average Bonchev–Trinajstić information content (AvgIpc) is 2.50. The lowest BCUT2D eigenvalue weighted by atomic mass is 10.2. The smallest absolute Gasteiger partial charge is 0.326 e. The fourth-order valence-electron chi connectivity index (χ4n) is 0.667. The van der Waals surface area contributed by atoms with Crippen molar-refractivity contribution in [2.24, 2.45) is 5.73 Å². The lowest BCUT2D eigenvalue weighted by molar-refractivity contribution is -0.138. The molecule has 66 valence electrons. The van der Waals surface area contributed by atoms with Gasteiger partial charge < -0.3 is 15.9 Å². The number of nitrogens with zero attached hydrogens (tertiary/aromatic N) is 1. The number of carbonyl (C=O) groups is 1. The van der Waals surface area contributed by atoms with Crippen LogP contribution in [0.25, 0.3) is 0 Å². The van der Waals surface area contributed by atoms with Gasteiger partial charge in [-0.2, -0.15) is 0 Å². The maximum absolute atomic E-state index is 10.4. The number of aliphatic hydroxyl groups excluding tert-OH is 1. The van der Waals surface area contributed by atoms with Gasteiger partial charge in [0.05, 0.1) is 12.3 Å². The highest BCUT2D eigenvalue weighted by Gasteiger charge is 2.16. The molecule has 0 aliphatic carbocycles. The quantitative estimate of drug-likeness (QED) is 0.606. The summed E-state index contributed by atoms with van der Waals surface area (Å²) in [5, 5.41) is 19.1. The zero-order valence-corrected chi connectivity index (χ0v) is 6.91. The third-order valence-corrected chi connectivity index (χ3v) is 2.14.